The molecule has 0 radical (unpaired) electrons. The molecule has 0 saturated heterocycles. The van der Waals surface area contributed by atoms with Crippen molar-refractivity contribution in [2.24, 2.45) is 10.8 Å². The van der Waals surface area contributed by atoms with Gasteiger partial charge in [-0.2, -0.15) is 0 Å². The van der Waals surface area contributed by atoms with E-state index >= 15 is 0 Å². The van der Waals surface area contributed by atoms with E-state index in [0.717, 1.165) is 27.9 Å². The molecule has 0 saturated carbocycles. The number of hydrogen-bond acceptors (Lipinski definition) is 4. The van der Waals surface area contributed by atoms with Crippen LogP contribution in [0.2, 0.25) is 0 Å². The van der Waals surface area contributed by atoms with Crippen LogP contribution in [0.1, 0.15) is 44.4 Å². The summed E-state index contributed by atoms with van der Waals surface area (Å²) in [4.78, 5) is 9.70. The van der Waals surface area contributed by atoms with E-state index in [-0.39, 0.29) is 11.0 Å². The molecule has 2 heterocycles. The average molecular weight is 358 g/mol. The van der Waals surface area contributed by atoms with Gasteiger partial charge >= 0.3 is 0 Å². The monoisotopic (exact) mass is 358 g/mol. The van der Waals surface area contributed by atoms with Gasteiger partial charge in [-0.25, -0.2) is 5.84 Å². The Bertz CT molecular complexity index is 1060. The minimum atomic E-state index is -0.214. The van der Waals surface area contributed by atoms with E-state index < -0.39 is 0 Å². The summed E-state index contributed by atoms with van der Waals surface area (Å²) in [6.07, 6.45) is 1.79. The number of anilines is 1. The van der Waals surface area contributed by atoms with Crippen molar-refractivity contribution >= 4 is 22.3 Å². The van der Waals surface area contributed by atoms with Crippen molar-refractivity contribution in [1.82, 2.24) is 4.98 Å². The molecule has 1 aliphatic rings. The number of rotatable bonds is 2. The Balaban J connectivity index is 1.98. The molecule has 0 fully saturated rings. The lowest BCUT2D eigenvalue weighted by molar-refractivity contribution is 0.303. The maximum absolute atomic E-state index is 6.04. The fourth-order valence-electron chi connectivity index (χ4n) is 3.85. The highest BCUT2D eigenvalue weighted by Crippen LogP contribution is 2.44. The minimum absolute atomic E-state index is 0.0475. The van der Waals surface area contributed by atoms with E-state index in [4.69, 9.17) is 10.8 Å². The maximum atomic E-state index is 6.04. The van der Waals surface area contributed by atoms with Gasteiger partial charge in [0.1, 0.15) is 0 Å². The summed E-state index contributed by atoms with van der Waals surface area (Å²) in [5, 5.41) is 2.67. The standard InChI is InChI=1S/C23H26N4/c1-22(2)18-9-7-6-8-16(18)21(26-23(22,3)4)15-10-11-19-17(14-15)20(27(5)24)12-13-25-19/h6-14H,24H2,1-5H3. The van der Waals surface area contributed by atoms with Gasteiger partial charge in [0.05, 0.1) is 22.5 Å². The summed E-state index contributed by atoms with van der Waals surface area (Å²) in [7, 11) is 1.85. The van der Waals surface area contributed by atoms with Gasteiger partial charge in [-0.15, -0.1) is 0 Å². The second-order valence-electron chi connectivity index (χ2n) is 8.36. The van der Waals surface area contributed by atoms with E-state index in [1.807, 2.05) is 13.1 Å². The summed E-state index contributed by atoms with van der Waals surface area (Å²) >= 11 is 0. The van der Waals surface area contributed by atoms with Gasteiger partial charge in [-0.3, -0.25) is 9.98 Å². The van der Waals surface area contributed by atoms with Gasteiger partial charge in [0, 0.05) is 35.2 Å². The highest BCUT2D eigenvalue weighted by molar-refractivity contribution is 6.16. The number of benzene rings is 2. The van der Waals surface area contributed by atoms with Gasteiger partial charge in [0.2, 0.25) is 0 Å². The molecule has 2 aromatic carbocycles. The molecule has 0 bridgehead atoms. The van der Waals surface area contributed by atoms with Crippen LogP contribution >= 0.6 is 0 Å². The van der Waals surface area contributed by atoms with Crippen molar-refractivity contribution in [2.45, 2.75) is 38.6 Å². The van der Waals surface area contributed by atoms with Crippen molar-refractivity contribution in [3.8, 4) is 0 Å². The Hall–Kier alpha value is -2.72. The highest BCUT2D eigenvalue weighted by Gasteiger charge is 2.43. The van der Waals surface area contributed by atoms with E-state index in [0.29, 0.717) is 0 Å². The first-order valence-corrected chi connectivity index (χ1v) is 9.30. The van der Waals surface area contributed by atoms with Gasteiger partial charge in [-0.05, 0) is 37.6 Å². The molecule has 0 unspecified atom stereocenters. The molecule has 138 valence electrons. The Morgan fingerprint density at radius 3 is 2.44 bits per heavy atom. The zero-order chi connectivity index (χ0) is 19.4. The van der Waals surface area contributed by atoms with E-state index in [2.05, 4.69) is 75.1 Å². The Kier molecular flexibility index (Phi) is 3.86. The Labute approximate surface area is 160 Å². The lowest BCUT2D eigenvalue weighted by Crippen LogP contribution is -2.46. The van der Waals surface area contributed by atoms with Crippen molar-refractivity contribution in [3.63, 3.8) is 0 Å². The van der Waals surface area contributed by atoms with Crippen molar-refractivity contribution in [1.29, 1.82) is 0 Å². The molecule has 1 aliphatic heterocycles. The number of aliphatic imine (C=N–C) groups is 1. The molecule has 4 nitrogen and oxygen atoms in total. The largest absolute Gasteiger partial charge is 0.313 e. The predicted molar refractivity (Wildman–Crippen MR) is 114 cm³/mol. The SMILES string of the molecule is CN(N)c1ccnc2ccc(C3=NC(C)(C)C(C)(C)c4ccccc43)cc12. The number of aromatic nitrogens is 1. The lowest BCUT2D eigenvalue weighted by Gasteiger charge is -2.44. The van der Waals surface area contributed by atoms with Gasteiger partial charge in [0.25, 0.3) is 0 Å². The van der Waals surface area contributed by atoms with Crippen LogP contribution in [-0.4, -0.2) is 23.3 Å². The molecule has 4 heteroatoms. The third kappa shape index (κ3) is 2.63. The second-order valence-corrected chi connectivity index (χ2v) is 8.36. The molecule has 27 heavy (non-hydrogen) atoms. The van der Waals surface area contributed by atoms with Crippen LogP contribution in [0.25, 0.3) is 10.9 Å². The molecule has 4 rings (SSSR count). The zero-order valence-electron chi connectivity index (χ0n) is 16.6. The minimum Gasteiger partial charge on any atom is -0.313 e. The molecule has 0 aliphatic carbocycles. The van der Waals surface area contributed by atoms with Gasteiger partial charge < -0.3 is 5.01 Å². The Morgan fingerprint density at radius 2 is 1.70 bits per heavy atom. The van der Waals surface area contributed by atoms with Crippen LogP contribution in [0.3, 0.4) is 0 Å². The normalized spacial score (nSPS) is 17.3. The molecule has 0 amide bonds. The summed E-state index contributed by atoms with van der Waals surface area (Å²) in [5.74, 6) is 6.04. The topological polar surface area (TPSA) is 54.5 Å². The summed E-state index contributed by atoms with van der Waals surface area (Å²) < 4.78 is 0. The lowest BCUT2D eigenvalue weighted by atomic mass is 9.66. The zero-order valence-corrected chi connectivity index (χ0v) is 16.6. The molecular weight excluding hydrogens is 332 g/mol. The van der Waals surface area contributed by atoms with Crippen LogP contribution in [0.5, 0.6) is 0 Å². The molecule has 1 aromatic heterocycles. The first-order chi connectivity index (χ1) is 12.7. The number of hydrogen-bond donors (Lipinski definition) is 1. The fraction of sp³-hybridized carbons (Fsp3) is 0.304. The molecular formula is C23H26N4. The first kappa shape index (κ1) is 17.7. The number of nitrogens with two attached hydrogens (primary N) is 1. The quantitative estimate of drug-likeness (QED) is 0.544. The smallest absolute Gasteiger partial charge is 0.0729 e. The van der Waals surface area contributed by atoms with Crippen molar-refractivity contribution < 1.29 is 0 Å². The fourth-order valence-corrected chi connectivity index (χ4v) is 3.85. The summed E-state index contributed by atoms with van der Waals surface area (Å²) in [6.45, 7) is 8.98. The first-order valence-electron chi connectivity index (χ1n) is 9.30. The molecule has 3 aromatic rings. The van der Waals surface area contributed by atoms with Crippen LogP contribution in [0, 0.1) is 0 Å². The van der Waals surface area contributed by atoms with Crippen molar-refractivity contribution in [2.75, 3.05) is 12.1 Å². The Morgan fingerprint density at radius 1 is 0.963 bits per heavy atom. The summed E-state index contributed by atoms with van der Waals surface area (Å²) in [6, 6.07) is 16.9. The van der Waals surface area contributed by atoms with Gasteiger partial charge in [0.15, 0.2) is 0 Å². The average Bonchev–Trinajstić information content (AvgIpc) is 2.64. The van der Waals surface area contributed by atoms with Gasteiger partial charge in [-0.1, -0.05) is 44.2 Å². The highest BCUT2D eigenvalue weighted by atomic mass is 15.4. The number of fused-ring (bicyclic) bond motifs is 2. The molecule has 2 N–H and O–H groups in total. The maximum Gasteiger partial charge on any atom is 0.0729 e. The van der Waals surface area contributed by atoms with E-state index in [9.17, 15) is 0 Å². The third-order valence-electron chi connectivity index (χ3n) is 6.15. The number of nitrogens with zero attached hydrogens (tertiary/aromatic N) is 3. The summed E-state index contributed by atoms with van der Waals surface area (Å²) in [5.41, 5.74) is 6.28. The number of pyridine rings is 1. The molecule has 0 spiro atoms. The van der Waals surface area contributed by atoms with E-state index in [1.165, 1.54) is 11.1 Å². The van der Waals surface area contributed by atoms with Crippen molar-refractivity contribution in [3.05, 3.63) is 71.4 Å². The third-order valence-corrected chi connectivity index (χ3v) is 6.15. The predicted octanol–water partition coefficient (Wildman–Crippen LogP) is 4.45. The van der Waals surface area contributed by atoms with Crippen LogP contribution in [-0.2, 0) is 5.41 Å². The van der Waals surface area contributed by atoms with Crippen LogP contribution in [0.4, 0.5) is 5.69 Å². The van der Waals surface area contributed by atoms with Crippen LogP contribution in [0.15, 0.2) is 59.7 Å². The van der Waals surface area contributed by atoms with Crippen LogP contribution < -0.4 is 10.9 Å². The number of hydrazine groups is 1. The second kappa shape index (κ2) is 5.89. The van der Waals surface area contributed by atoms with E-state index in [1.54, 1.807) is 11.2 Å². The molecule has 0 atom stereocenters.